The van der Waals surface area contributed by atoms with Gasteiger partial charge in [0.1, 0.15) is 6.04 Å². The molecule has 9 nitrogen and oxygen atoms in total. The van der Waals surface area contributed by atoms with Gasteiger partial charge in [0.2, 0.25) is 0 Å². The van der Waals surface area contributed by atoms with Crippen LogP contribution in [-0.2, 0) is 14.3 Å². The molecule has 2 aliphatic rings. The van der Waals surface area contributed by atoms with Crippen LogP contribution in [-0.4, -0.2) is 64.9 Å². The van der Waals surface area contributed by atoms with E-state index in [0.29, 0.717) is 0 Å². The van der Waals surface area contributed by atoms with E-state index in [9.17, 15) is 28.8 Å². The molecule has 0 radical (unpaired) electrons. The number of carbonyl (C=O) groups excluding carboxylic acids is 6. The summed E-state index contributed by atoms with van der Waals surface area (Å²) in [5, 5.41) is 0. The molecule has 32 heavy (non-hydrogen) atoms. The van der Waals surface area contributed by atoms with Gasteiger partial charge >= 0.3 is 5.97 Å². The fourth-order valence-corrected chi connectivity index (χ4v) is 3.92. The molecule has 0 aromatic heterocycles. The van der Waals surface area contributed by atoms with Crippen molar-refractivity contribution in [3.63, 3.8) is 0 Å². The van der Waals surface area contributed by atoms with E-state index >= 15 is 0 Å². The molecule has 1 atom stereocenters. The normalized spacial score (nSPS) is 15.7. The Morgan fingerprint density at radius 1 is 0.781 bits per heavy atom. The van der Waals surface area contributed by atoms with Gasteiger partial charge in [-0.15, -0.1) is 0 Å². The van der Waals surface area contributed by atoms with Crippen LogP contribution in [0.4, 0.5) is 0 Å². The van der Waals surface area contributed by atoms with Crippen molar-refractivity contribution in [1.82, 2.24) is 9.80 Å². The molecule has 0 fully saturated rings. The van der Waals surface area contributed by atoms with E-state index in [1.54, 1.807) is 24.3 Å². The number of carbonyl (C=O) groups is 6. The number of hydrogen-bond acceptors (Lipinski definition) is 7. The quantitative estimate of drug-likeness (QED) is 0.478. The van der Waals surface area contributed by atoms with Gasteiger partial charge in [0, 0.05) is 6.42 Å². The van der Waals surface area contributed by atoms with Gasteiger partial charge in [-0.25, -0.2) is 4.79 Å². The maximum atomic E-state index is 12.7. The summed E-state index contributed by atoms with van der Waals surface area (Å²) in [4.78, 5) is 76.9. The molecule has 162 valence electrons. The van der Waals surface area contributed by atoms with Gasteiger partial charge in [0.05, 0.1) is 35.9 Å². The highest BCUT2D eigenvalue weighted by molar-refractivity contribution is 6.23. The molecule has 9 heteroatoms. The first kappa shape index (κ1) is 21.1. The third kappa shape index (κ3) is 3.37. The Morgan fingerprint density at radius 3 is 1.66 bits per heavy atom. The van der Waals surface area contributed by atoms with Crippen LogP contribution in [0.2, 0.25) is 0 Å². The van der Waals surface area contributed by atoms with Gasteiger partial charge in [0.25, 0.3) is 23.6 Å². The SMILES string of the molecule is COC(=O)C(CCC(=O)CN1C(=O)c2ccccc2C1=O)N1C(=O)c2ccccc2C1=O. The zero-order chi connectivity index (χ0) is 23.0. The molecule has 0 aliphatic carbocycles. The number of amides is 4. The molecule has 2 aliphatic heterocycles. The molecule has 4 amide bonds. The molecule has 4 rings (SSSR count). The average molecular weight is 434 g/mol. The Hall–Kier alpha value is -4.14. The van der Waals surface area contributed by atoms with Gasteiger partial charge in [-0.1, -0.05) is 24.3 Å². The van der Waals surface area contributed by atoms with Crippen molar-refractivity contribution in [2.45, 2.75) is 18.9 Å². The van der Waals surface area contributed by atoms with E-state index < -0.39 is 48.0 Å². The smallest absolute Gasteiger partial charge is 0.329 e. The van der Waals surface area contributed by atoms with E-state index in [2.05, 4.69) is 0 Å². The highest BCUT2D eigenvalue weighted by Gasteiger charge is 2.43. The standard InChI is InChI=1S/C23H18N2O7/c1-32-23(31)18(25-21(29)16-8-4-5-9-17(16)22(25)30)11-10-13(26)12-24-19(27)14-6-2-3-7-15(14)20(24)28/h2-9,18H,10-12H2,1H3. The largest absolute Gasteiger partial charge is 0.467 e. The molecule has 2 aromatic carbocycles. The molecule has 0 spiro atoms. The van der Waals surface area contributed by atoms with Gasteiger partial charge in [0.15, 0.2) is 5.78 Å². The first-order valence-corrected chi connectivity index (χ1v) is 9.86. The summed E-state index contributed by atoms with van der Waals surface area (Å²) in [6.45, 7) is -0.470. The number of hydrogen-bond donors (Lipinski definition) is 0. The highest BCUT2D eigenvalue weighted by atomic mass is 16.5. The fourth-order valence-electron chi connectivity index (χ4n) is 3.92. The Balaban J connectivity index is 1.46. The van der Waals surface area contributed by atoms with Crippen LogP contribution in [0.5, 0.6) is 0 Å². The minimum absolute atomic E-state index is 0.170. The molecule has 0 saturated carbocycles. The van der Waals surface area contributed by atoms with Crippen molar-refractivity contribution in [2.24, 2.45) is 0 Å². The van der Waals surface area contributed by atoms with Crippen LogP contribution in [0.3, 0.4) is 0 Å². The number of fused-ring (bicyclic) bond motifs is 2. The number of nitrogens with zero attached hydrogens (tertiary/aromatic N) is 2. The lowest BCUT2D eigenvalue weighted by Gasteiger charge is -2.24. The number of esters is 1. The molecular formula is C23H18N2O7. The number of imide groups is 2. The van der Waals surface area contributed by atoms with Crippen molar-refractivity contribution in [2.75, 3.05) is 13.7 Å². The monoisotopic (exact) mass is 434 g/mol. The van der Waals surface area contributed by atoms with Gasteiger partial charge in [-0.05, 0) is 30.7 Å². The molecule has 0 saturated heterocycles. The number of ether oxygens (including phenoxy) is 1. The second kappa shape index (κ2) is 8.18. The number of rotatable bonds is 7. The van der Waals surface area contributed by atoms with Crippen molar-refractivity contribution < 1.29 is 33.5 Å². The number of Topliss-reactive ketones (excluding diaryl/α,β-unsaturated/α-hetero) is 1. The highest BCUT2D eigenvalue weighted by Crippen LogP contribution is 2.27. The summed E-state index contributed by atoms with van der Waals surface area (Å²) in [7, 11) is 1.12. The lowest BCUT2D eigenvalue weighted by Crippen LogP contribution is -2.46. The Bertz CT molecular complexity index is 1120. The van der Waals surface area contributed by atoms with Crippen molar-refractivity contribution in [3.05, 3.63) is 70.8 Å². The Morgan fingerprint density at radius 2 is 1.22 bits per heavy atom. The maximum Gasteiger partial charge on any atom is 0.329 e. The lowest BCUT2D eigenvalue weighted by molar-refractivity contribution is -0.145. The zero-order valence-corrected chi connectivity index (χ0v) is 17.1. The summed E-state index contributed by atoms with van der Waals surface area (Å²) >= 11 is 0. The zero-order valence-electron chi connectivity index (χ0n) is 17.1. The number of methoxy groups -OCH3 is 1. The summed E-state index contributed by atoms with van der Waals surface area (Å²) in [5.41, 5.74) is 0.792. The first-order chi connectivity index (χ1) is 15.3. The minimum atomic E-state index is -1.31. The Labute approximate surface area is 182 Å². The van der Waals surface area contributed by atoms with Crippen LogP contribution in [0, 0.1) is 0 Å². The van der Waals surface area contributed by atoms with Crippen molar-refractivity contribution >= 4 is 35.4 Å². The van der Waals surface area contributed by atoms with Crippen LogP contribution in [0.1, 0.15) is 54.3 Å². The van der Waals surface area contributed by atoms with E-state index in [1.807, 2.05) is 0 Å². The van der Waals surface area contributed by atoms with E-state index in [-0.39, 0.29) is 35.1 Å². The molecular weight excluding hydrogens is 416 g/mol. The third-order valence-electron chi connectivity index (χ3n) is 5.52. The molecule has 0 N–H and O–H groups in total. The second-order valence-corrected chi connectivity index (χ2v) is 7.38. The van der Waals surface area contributed by atoms with E-state index in [1.165, 1.54) is 24.3 Å². The van der Waals surface area contributed by atoms with Crippen LogP contribution < -0.4 is 0 Å². The Kier molecular flexibility index (Phi) is 5.40. The van der Waals surface area contributed by atoms with Gasteiger partial charge in [-0.2, -0.15) is 0 Å². The second-order valence-electron chi connectivity index (χ2n) is 7.38. The van der Waals surface area contributed by atoms with Crippen LogP contribution in [0.25, 0.3) is 0 Å². The predicted octanol–water partition coefficient (Wildman–Crippen LogP) is 1.47. The minimum Gasteiger partial charge on any atom is -0.467 e. The van der Waals surface area contributed by atoms with Crippen LogP contribution in [0.15, 0.2) is 48.5 Å². The topological polar surface area (TPSA) is 118 Å². The van der Waals surface area contributed by atoms with Crippen molar-refractivity contribution in [3.8, 4) is 0 Å². The summed E-state index contributed by atoms with van der Waals surface area (Å²) < 4.78 is 4.75. The van der Waals surface area contributed by atoms with E-state index in [0.717, 1.165) is 16.9 Å². The summed E-state index contributed by atoms with van der Waals surface area (Å²) in [5.74, 6) is -3.76. The number of ketones is 1. The summed E-state index contributed by atoms with van der Waals surface area (Å²) in [6.07, 6.45) is -0.444. The predicted molar refractivity (Wildman–Crippen MR) is 109 cm³/mol. The molecule has 1 unspecified atom stereocenters. The maximum absolute atomic E-state index is 12.7. The number of benzene rings is 2. The van der Waals surface area contributed by atoms with Crippen molar-refractivity contribution in [1.29, 1.82) is 0 Å². The molecule has 0 bridgehead atoms. The van der Waals surface area contributed by atoms with E-state index in [4.69, 9.17) is 4.74 Å². The van der Waals surface area contributed by atoms with Gasteiger partial charge in [-0.3, -0.25) is 33.8 Å². The third-order valence-corrected chi connectivity index (χ3v) is 5.52. The molecule has 2 aromatic rings. The fraction of sp³-hybridized carbons (Fsp3) is 0.217. The molecule has 2 heterocycles. The lowest BCUT2D eigenvalue weighted by atomic mass is 10.1. The first-order valence-electron chi connectivity index (χ1n) is 9.86. The van der Waals surface area contributed by atoms with Gasteiger partial charge < -0.3 is 4.74 Å². The summed E-state index contributed by atoms with van der Waals surface area (Å²) in [6, 6.07) is 11.1. The average Bonchev–Trinajstić information content (AvgIpc) is 3.20. The van der Waals surface area contributed by atoms with Crippen LogP contribution >= 0.6 is 0 Å².